The van der Waals surface area contributed by atoms with Crippen molar-refractivity contribution in [3.63, 3.8) is 0 Å². The molecule has 1 aliphatic carbocycles. The lowest BCUT2D eigenvalue weighted by molar-refractivity contribution is 0.0932. The largest absolute Gasteiger partial charge is 0.311 e. The Morgan fingerprint density at radius 2 is 1.89 bits per heavy atom. The molecule has 1 saturated carbocycles. The van der Waals surface area contributed by atoms with Gasteiger partial charge >= 0.3 is 0 Å². The Kier molecular flexibility index (Phi) is 4.38. The molecule has 2 unspecified atom stereocenters. The van der Waals surface area contributed by atoms with Gasteiger partial charge in [0.1, 0.15) is 0 Å². The zero-order valence-corrected chi connectivity index (χ0v) is 13.0. The molecule has 0 radical (unpaired) electrons. The second-order valence-corrected chi connectivity index (χ2v) is 7.53. The molecule has 0 aromatic carbocycles. The summed E-state index contributed by atoms with van der Waals surface area (Å²) in [5.74, 6) is 1.65. The molecule has 0 aromatic rings. The van der Waals surface area contributed by atoms with Gasteiger partial charge in [-0.2, -0.15) is 0 Å². The van der Waals surface area contributed by atoms with Crippen LogP contribution >= 0.6 is 0 Å². The van der Waals surface area contributed by atoms with E-state index in [1.54, 1.807) is 0 Å². The summed E-state index contributed by atoms with van der Waals surface area (Å²) >= 11 is 0. The van der Waals surface area contributed by atoms with E-state index in [-0.39, 0.29) is 0 Å². The molecule has 2 heteroatoms. The summed E-state index contributed by atoms with van der Waals surface area (Å²) in [6, 6.07) is 1.42. The van der Waals surface area contributed by atoms with Crippen LogP contribution < -0.4 is 5.32 Å². The maximum Gasteiger partial charge on any atom is 0.0198 e. The Bertz CT molecular complexity index is 268. The van der Waals surface area contributed by atoms with Crippen molar-refractivity contribution in [2.45, 2.75) is 66.0 Å². The molecule has 1 saturated heterocycles. The van der Waals surface area contributed by atoms with Gasteiger partial charge in [-0.1, -0.05) is 27.7 Å². The van der Waals surface area contributed by atoms with Gasteiger partial charge in [0, 0.05) is 31.7 Å². The first kappa shape index (κ1) is 14.3. The minimum Gasteiger partial charge on any atom is -0.311 e. The van der Waals surface area contributed by atoms with E-state index in [4.69, 9.17) is 0 Å². The van der Waals surface area contributed by atoms with E-state index in [2.05, 4.69) is 44.8 Å². The molecular weight excluding hydrogens is 220 g/mol. The first-order valence-corrected chi connectivity index (χ1v) is 7.90. The number of hydrogen-bond donors (Lipinski definition) is 1. The average Bonchev–Trinajstić information content (AvgIpc) is 3.03. The Morgan fingerprint density at radius 3 is 2.39 bits per heavy atom. The van der Waals surface area contributed by atoms with E-state index < -0.39 is 0 Å². The van der Waals surface area contributed by atoms with Gasteiger partial charge in [-0.3, -0.25) is 4.90 Å². The zero-order chi connectivity index (χ0) is 13.3. The van der Waals surface area contributed by atoms with Crippen LogP contribution in [0.3, 0.4) is 0 Å². The Labute approximate surface area is 114 Å². The summed E-state index contributed by atoms with van der Waals surface area (Å²) in [4.78, 5) is 2.76. The quantitative estimate of drug-likeness (QED) is 0.809. The molecule has 0 bridgehead atoms. The van der Waals surface area contributed by atoms with Crippen molar-refractivity contribution in [1.29, 1.82) is 0 Å². The lowest BCUT2D eigenvalue weighted by Gasteiger charge is -2.42. The van der Waals surface area contributed by atoms with Gasteiger partial charge in [0.05, 0.1) is 0 Å². The molecule has 2 fully saturated rings. The Morgan fingerprint density at radius 1 is 1.22 bits per heavy atom. The van der Waals surface area contributed by atoms with Crippen molar-refractivity contribution >= 4 is 0 Å². The molecule has 106 valence electrons. The van der Waals surface area contributed by atoms with E-state index in [1.165, 1.54) is 38.9 Å². The molecule has 2 atom stereocenters. The highest BCUT2D eigenvalue weighted by molar-refractivity contribution is 5.00. The molecule has 1 aliphatic heterocycles. The number of rotatable bonds is 5. The van der Waals surface area contributed by atoms with E-state index in [9.17, 15) is 0 Å². The molecule has 0 amide bonds. The fraction of sp³-hybridized carbons (Fsp3) is 1.00. The molecule has 2 aliphatic rings. The van der Waals surface area contributed by atoms with Gasteiger partial charge < -0.3 is 5.32 Å². The van der Waals surface area contributed by atoms with Gasteiger partial charge in [-0.05, 0) is 43.4 Å². The minimum absolute atomic E-state index is 0.661. The van der Waals surface area contributed by atoms with E-state index >= 15 is 0 Å². The van der Waals surface area contributed by atoms with Crippen molar-refractivity contribution in [1.82, 2.24) is 10.2 Å². The summed E-state index contributed by atoms with van der Waals surface area (Å²) < 4.78 is 0. The molecule has 0 aromatic heterocycles. The lowest BCUT2D eigenvalue weighted by atomic mass is 9.90. The molecule has 1 N–H and O–H groups in total. The van der Waals surface area contributed by atoms with Crippen LogP contribution in [-0.4, -0.2) is 36.6 Å². The second kappa shape index (κ2) is 5.50. The lowest BCUT2D eigenvalue weighted by Crippen LogP contribution is -2.57. The van der Waals surface area contributed by atoms with Gasteiger partial charge in [-0.15, -0.1) is 0 Å². The molecular formula is C16H32N2. The van der Waals surface area contributed by atoms with Crippen LogP contribution in [0.2, 0.25) is 0 Å². The fourth-order valence-electron chi connectivity index (χ4n) is 3.42. The van der Waals surface area contributed by atoms with Crippen molar-refractivity contribution in [3.8, 4) is 0 Å². The number of hydrogen-bond acceptors (Lipinski definition) is 2. The molecule has 1 heterocycles. The van der Waals surface area contributed by atoms with Gasteiger partial charge in [0.2, 0.25) is 0 Å². The Balaban J connectivity index is 1.90. The standard InChI is InChI=1S/C16H32N2/c1-12(2)8-15-10-18(14(5)9-17-15)11-16(6-7-16)13(3)4/h12-15,17H,6-11H2,1-5H3. The van der Waals surface area contributed by atoms with Crippen LogP contribution in [-0.2, 0) is 0 Å². The van der Waals surface area contributed by atoms with Crippen LogP contribution in [0, 0.1) is 17.3 Å². The predicted octanol–water partition coefficient (Wildman–Crippen LogP) is 3.13. The molecule has 2 rings (SSSR count). The molecule has 2 nitrogen and oxygen atoms in total. The highest BCUT2D eigenvalue weighted by Crippen LogP contribution is 2.52. The third kappa shape index (κ3) is 3.27. The first-order valence-electron chi connectivity index (χ1n) is 7.90. The van der Waals surface area contributed by atoms with Crippen LogP contribution in [0.5, 0.6) is 0 Å². The highest BCUT2D eigenvalue weighted by atomic mass is 15.2. The average molecular weight is 252 g/mol. The normalized spacial score (nSPS) is 32.2. The number of nitrogens with one attached hydrogen (secondary N) is 1. The first-order chi connectivity index (χ1) is 8.43. The van der Waals surface area contributed by atoms with Crippen LogP contribution in [0.25, 0.3) is 0 Å². The topological polar surface area (TPSA) is 15.3 Å². The third-order valence-electron chi connectivity index (χ3n) is 5.17. The Hall–Kier alpha value is -0.0800. The third-order valence-corrected chi connectivity index (χ3v) is 5.17. The summed E-state index contributed by atoms with van der Waals surface area (Å²) in [6.07, 6.45) is 4.23. The SMILES string of the molecule is CC(C)CC1CN(CC2(C(C)C)CC2)C(C)CN1. The monoisotopic (exact) mass is 252 g/mol. The van der Waals surface area contributed by atoms with Crippen LogP contribution in [0.15, 0.2) is 0 Å². The molecule has 0 spiro atoms. The maximum atomic E-state index is 3.72. The maximum absolute atomic E-state index is 3.72. The smallest absolute Gasteiger partial charge is 0.0198 e. The fourth-order valence-corrected chi connectivity index (χ4v) is 3.42. The number of nitrogens with zero attached hydrogens (tertiary/aromatic N) is 1. The minimum atomic E-state index is 0.661. The van der Waals surface area contributed by atoms with Crippen molar-refractivity contribution < 1.29 is 0 Å². The summed E-state index contributed by atoms with van der Waals surface area (Å²) in [5, 5.41) is 3.72. The second-order valence-electron chi connectivity index (χ2n) is 7.53. The van der Waals surface area contributed by atoms with E-state index in [0.717, 1.165) is 11.8 Å². The van der Waals surface area contributed by atoms with Crippen LogP contribution in [0.1, 0.15) is 53.9 Å². The predicted molar refractivity (Wildman–Crippen MR) is 78.8 cm³/mol. The zero-order valence-electron chi connectivity index (χ0n) is 13.0. The summed E-state index contributed by atoms with van der Waals surface area (Å²) in [7, 11) is 0. The van der Waals surface area contributed by atoms with Gasteiger partial charge in [0.25, 0.3) is 0 Å². The molecule has 18 heavy (non-hydrogen) atoms. The van der Waals surface area contributed by atoms with Crippen molar-refractivity contribution in [3.05, 3.63) is 0 Å². The summed E-state index contributed by atoms with van der Waals surface area (Å²) in [6.45, 7) is 15.6. The van der Waals surface area contributed by atoms with Crippen LogP contribution in [0.4, 0.5) is 0 Å². The summed E-state index contributed by atoms with van der Waals surface area (Å²) in [5.41, 5.74) is 0.661. The highest BCUT2D eigenvalue weighted by Gasteiger charge is 2.47. The van der Waals surface area contributed by atoms with Gasteiger partial charge in [0.15, 0.2) is 0 Å². The number of piperazine rings is 1. The van der Waals surface area contributed by atoms with E-state index in [1.807, 2.05) is 0 Å². The van der Waals surface area contributed by atoms with Crippen molar-refractivity contribution in [2.24, 2.45) is 17.3 Å². The van der Waals surface area contributed by atoms with Crippen molar-refractivity contribution in [2.75, 3.05) is 19.6 Å². The van der Waals surface area contributed by atoms with E-state index in [0.29, 0.717) is 17.5 Å². The van der Waals surface area contributed by atoms with Gasteiger partial charge in [-0.25, -0.2) is 0 Å².